The summed E-state index contributed by atoms with van der Waals surface area (Å²) in [7, 11) is 0. The molecule has 1 aliphatic heterocycles. The van der Waals surface area contributed by atoms with E-state index < -0.39 is 0 Å². The molecule has 0 aliphatic carbocycles. The first-order chi connectivity index (χ1) is 13.6. The van der Waals surface area contributed by atoms with Crippen molar-refractivity contribution in [1.82, 2.24) is 10.2 Å². The lowest BCUT2D eigenvalue weighted by Crippen LogP contribution is -2.43. The summed E-state index contributed by atoms with van der Waals surface area (Å²) in [6.07, 6.45) is 0.321. The van der Waals surface area contributed by atoms with Crippen molar-refractivity contribution < 1.29 is 18.7 Å². The molecule has 2 aromatic rings. The number of carbonyl (C=O) groups is 2. The molecule has 0 bridgehead atoms. The van der Waals surface area contributed by atoms with Crippen LogP contribution in [0.2, 0.25) is 0 Å². The Morgan fingerprint density at radius 3 is 2.36 bits per heavy atom. The molecule has 0 radical (unpaired) electrons. The highest BCUT2D eigenvalue weighted by atomic mass is 19.1. The summed E-state index contributed by atoms with van der Waals surface area (Å²) in [5.74, 6) is -0.489. The quantitative estimate of drug-likeness (QED) is 0.711. The lowest BCUT2D eigenvalue weighted by Gasteiger charge is -2.35. The molecule has 1 amide bonds. The van der Waals surface area contributed by atoms with E-state index in [9.17, 15) is 14.0 Å². The summed E-state index contributed by atoms with van der Waals surface area (Å²) in [6.45, 7) is 3.19. The zero-order valence-corrected chi connectivity index (χ0v) is 15.8. The van der Waals surface area contributed by atoms with E-state index in [1.54, 1.807) is 24.3 Å². The Morgan fingerprint density at radius 2 is 1.68 bits per heavy atom. The molecule has 1 saturated heterocycles. The zero-order chi connectivity index (χ0) is 19.8. The van der Waals surface area contributed by atoms with E-state index in [1.165, 1.54) is 12.1 Å². The highest BCUT2D eigenvalue weighted by molar-refractivity contribution is 5.97. The van der Waals surface area contributed by atoms with Crippen LogP contribution in [0.3, 0.4) is 0 Å². The Bertz CT molecular complexity index is 774. The van der Waals surface area contributed by atoms with Gasteiger partial charge < -0.3 is 10.1 Å². The lowest BCUT2D eigenvalue weighted by molar-refractivity contribution is -0.121. The standard InChI is InChI=1S/C22H25FN2O3/c23-19-8-6-17(7-9-19)20(25-12-14-28-15-13-25)16-24-22(27)11-10-21(26)18-4-2-1-3-5-18/h1-9,20H,10-16H2,(H,24,27). The Morgan fingerprint density at radius 1 is 1.00 bits per heavy atom. The van der Waals surface area contributed by atoms with Crippen molar-refractivity contribution >= 4 is 11.7 Å². The van der Waals surface area contributed by atoms with E-state index in [4.69, 9.17) is 4.74 Å². The Hall–Kier alpha value is -2.57. The molecule has 1 unspecified atom stereocenters. The molecule has 2 aromatic carbocycles. The molecule has 1 aliphatic rings. The van der Waals surface area contributed by atoms with E-state index in [2.05, 4.69) is 10.2 Å². The van der Waals surface area contributed by atoms with Gasteiger partial charge in [0.25, 0.3) is 0 Å². The summed E-state index contributed by atoms with van der Waals surface area (Å²) in [6, 6.07) is 15.3. The number of nitrogens with zero attached hydrogens (tertiary/aromatic N) is 1. The van der Waals surface area contributed by atoms with Crippen LogP contribution in [0, 0.1) is 5.82 Å². The highest BCUT2D eigenvalue weighted by Gasteiger charge is 2.23. The highest BCUT2D eigenvalue weighted by Crippen LogP contribution is 2.21. The number of hydrogen-bond donors (Lipinski definition) is 1. The van der Waals surface area contributed by atoms with E-state index in [0.717, 1.165) is 18.7 Å². The van der Waals surface area contributed by atoms with Crippen molar-refractivity contribution in [2.45, 2.75) is 18.9 Å². The SMILES string of the molecule is O=C(CCC(=O)c1ccccc1)NCC(c1ccc(F)cc1)N1CCOCC1. The Kier molecular flexibility index (Phi) is 7.28. The number of amides is 1. The third-order valence-corrected chi connectivity index (χ3v) is 4.91. The van der Waals surface area contributed by atoms with E-state index in [0.29, 0.717) is 25.3 Å². The summed E-state index contributed by atoms with van der Waals surface area (Å²) in [5.41, 5.74) is 1.57. The third-order valence-electron chi connectivity index (χ3n) is 4.91. The molecule has 5 nitrogen and oxygen atoms in total. The molecule has 1 atom stereocenters. The largest absolute Gasteiger partial charge is 0.379 e. The second kappa shape index (κ2) is 10.1. The number of ketones is 1. The fraction of sp³-hybridized carbons (Fsp3) is 0.364. The van der Waals surface area contributed by atoms with E-state index in [1.807, 2.05) is 18.2 Å². The van der Waals surface area contributed by atoms with Gasteiger partial charge in [-0.05, 0) is 17.7 Å². The zero-order valence-electron chi connectivity index (χ0n) is 15.8. The summed E-state index contributed by atoms with van der Waals surface area (Å²) < 4.78 is 18.7. The summed E-state index contributed by atoms with van der Waals surface area (Å²) in [4.78, 5) is 26.7. The number of halogens is 1. The number of morpholine rings is 1. The van der Waals surface area contributed by atoms with Crippen molar-refractivity contribution in [1.29, 1.82) is 0 Å². The van der Waals surface area contributed by atoms with Crippen molar-refractivity contribution in [3.8, 4) is 0 Å². The minimum absolute atomic E-state index is 0.0426. The van der Waals surface area contributed by atoms with Gasteiger partial charge in [0.05, 0.1) is 19.3 Å². The van der Waals surface area contributed by atoms with Gasteiger partial charge in [-0.1, -0.05) is 42.5 Å². The molecule has 0 aromatic heterocycles. The molecule has 0 saturated carbocycles. The topological polar surface area (TPSA) is 58.6 Å². The van der Waals surface area contributed by atoms with Crippen molar-refractivity contribution in [3.05, 3.63) is 71.5 Å². The first-order valence-corrected chi connectivity index (χ1v) is 9.55. The van der Waals surface area contributed by atoms with E-state index >= 15 is 0 Å². The molecule has 148 valence electrons. The predicted octanol–water partition coefficient (Wildman–Crippen LogP) is 2.98. The second-order valence-electron chi connectivity index (χ2n) is 6.81. The number of rotatable bonds is 8. The molecule has 0 spiro atoms. The molecular formula is C22H25FN2O3. The predicted molar refractivity (Wildman–Crippen MR) is 105 cm³/mol. The third kappa shape index (κ3) is 5.71. The van der Waals surface area contributed by atoms with Crippen molar-refractivity contribution in [2.24, 2.45) is 0 Å². The number of nitrogens with one attached hydrogen (secondary N) is 1. The van der Waals surface area contributed by atoms with Crippen LogP contribution in [0.15, 0.2) is 54.6 Å². The van der Waals surface area contributed by atoms with Crippen LogP contribution in [0.25, 0.3) is 0 Å². The fourth-order valence-electron chi connectivity index (χ4n) is 3.33. The van der Waals surface area contributed by atoms with Crippen molar-refractivity contribution in [3.63, 3.8) is 0 Å². The number of benzene rings is 2. The van der Waals surface area contributed by atoms with Gasteiger partial charge in [0, 0.05) is 38.0 Å². The molecule has 1 heterocycles. The molecule has 28 heavy (non-hydrogen) atoms. The minimum Gasteiger partial charge on any atom is -0.379 e. The van der Waals surface area contributed by atoms with Gasteiger partial charge in [-0.15, -0.1) is 0 Å². The van der Waals surface area contributed by atoms with Gasteiger partial charge in [-0.2, -0.15) is 0 Å². The Labute approximate surface area is 164 Å². The van der Waals surface area contributed by atoms with Gasteiger partial charge >= 0.3 is 0 Å². The maximum Gasteiger partial charge on any atom is 0.220 e. The molecule has 3 rings (SSSR count). The summed E-state index contributed by atoms with van der Waals surface area (Å²) >= 11 is 0. The monoisotopic (exact) mass is 384 g/mol. The Balaban J connectivity index is 1.55. The number of Topliss-reactive ketones (excluding diaryl/α,β-unsaturated/α-hetero) is 1. The van der Waals surface area contributed by atoms with Crippen molar-refractivity contribution in [2.75, 3.05) is 32.8 Å². The fourth-order valence-corrected chi connectivity index (χ4v) is 3.33. The maximum atomic E-state index is 13.3. The smallest absolute Gasteiger partial charge is 0.220 e. The number of carbonyl (C=O) groups excluding carboxylic acids is 2. The first-order valence-electron chi connectivity index (χ1n) is 9.55. The molecular weight excluding hydrogens is 359 g/mol. The minimum atomic E-state index is -0.284. The van der Waals surface area contributed by atoms with Crippen LogP contribution < -0.4 is 5.32 Å². The average Bonchev–Trinajstić information content (AvgIpc) is 2.75. The van der Waals surface area contributed by atoms with Crippen LogP contribution in [-0.4, -0.2) is 49.4 Å². The van der Waals surface area contributed by atoms with Gasteiger partial charge in [-0.25, -0.2) is 4.39 Å². The van der Waals surface area contributed by atoms with Crippen LogP contribution >= 0.6 is 0 Å². The summed E-state index contributed by atoms with van der Waals surface area (Å²) in [5, 5.41) is 2.93. The number of ether oxygens (including phenoxy) is 1. The van der Waals surface area contributed by atoms with Crippen LogP contribution in [0.1, 0.15) is 34.8 Å². The molecule has 1 fully saturated rings. The van der Waals surface area contributed by atoms with Crippen LogP contribution in [0.5, 0.6) is 0 Å². The van der Waals surface area contributed by atoms with Gasteiger partial charge in [0.15, 0.2) is 5.78 Å². The second-order valence-corrected chi connectivity index (χ2v) is 6.81. The molecule has 6 heteroatoms. The first kappa shape index (κ1) is 20.2. The normalized spacial score (nSPS) is 15.8. The van der Waals surface area contributed by atoms with E-state index in [-0.39, 0.29) is 36.4 Å². The van der Waals surface area contributed by atoms with Crippen LogP contribution in [0.4, 0.5) is 4.39 Å². The number of hydrogen-bond acceptors (Lipinski definition) is 4. The molecule has 1 N–H and O–H groups in total. The lowest BCUT2D eigenvalue weighted by atomic mass is 10.0. The van der Waals surface area contributed by atoms with Gasteiger partial charge in [0.1, 0.15) is 5.82 Å². The average molecular weight is 384 g/mol. The maximum absolute atomic E-state index is 13.3. The van der Waals surface area contributed by atoms with Gasteiger partial charge in [-0.3, -0.25) is 14.5 Å². The van der Waals surface area contributed by atoms with Gasteiger partial charge in [0.2, 0.25) is 5.91 Å². The van der Waals surface area contributed by atoms with Crippen LogP contribution in [-0.2, 0) is 9.53 Å².